The van der Waals surface area contributed by atoms with E-state index >= 15 is 0 Å². The molecule has 1 nitrogen and oxygen atoms in total. The van der Waals surface area contributed by atoms with Crippen LogP contribution >= 0.6 is 11.6 Å². The van der Waals surface area contributed by atoms with Gasteiger partial charge in [0.05, 0.1) is 5.02 Å². The third-order valence-electron chi connectivity index (χ3n) is 3.46. The zero-order chi connectivity index (χ0) is 13.5. The predicted octanol–water partition coefficient (Wildman–Crippen LogP) is 4.44. The Labute approximate surface area is 115 Å². The van der Waals surface area contributed by atoms with Crippen LogP contribution in [0.4, 0.5) is 4.39 Å². The van der Waals surface area contributed by atoms with Crippen molar-refractivity contribution < 1.29 is 4.39 Å². The molecule has 0 radical (unpaired) electrons. The van der Waals surface area contributed by atoms with Gasteiger partial charge in [-0.15, -0.1) is 0 Å². The number of halogens is 2. The number of nitrogens with one attached hydrogen (secondary N) is 1. The monoisotopic (exact) mass is 271 g/mol. The maximum atomic E-state index is 13.9. The summed E-state index contributed by atoms with van der Waals surface area (Å²) in [6, 6.07) is 5.54. The van der Waals surface area contributed by atoms with E-state index in [1.165, 1.54) is 0 Å². The minimum Gasteiger partial charge on any atom is -0.313 e. The van der Waals surface area contributed by atoms with Gasteiger partial charge in [0.2, 0.25) is 0 Å². The van der Waals surface area contributed by atoms with Gasteiger partial charge in [-0.25, -0.2) is 4.39 Å². The van der Waals surface area contributed by atoms with Crippen molar-refractivity contribution in [2.24, 2.45) is 5.92 Å². The van der Waals surface area contributed by atoms with Gasteiger partial charge in [0.25, 0.3) is 0 Å². The van der Waals surface area contributed by atoms with Crippen molar-refractivity contribution in [1.29, 1.82) is 0 Å². The molecule has 2 unspecified atom stereocenters. The van der Waals surface area contributed by atoms with E-state index in [2.05, 4.69) is 26.1 Å². The Morgan fingerprint density at radius 2 is 2.06 bits per heavy atom. The normalized spacial score (nSPS) is 14.5. The quantitative estimate of drug-likeness (QED) is 0.773. The Balaban J connectivity index is 2.78. The fraction of sp³-hybridized carbons (Fsp3) is 0.600. The zero-order valence-corrected chi connectivity index (χ0v) is 12.2. The van der Waals surface area contributed by atoms with Crippen molar-refractivity contribution in [3.05, 3.63) is 34.6 Å². The Kier molecular flexibility index (Phi) is 6.66. The van der Waals surface area contributed by atoms with Gasteiger partial charge >= 0.3 is 0 Å². The van der Waals surface area contributed by atoms with E-state index in [-0.39, 0.29) is 10.8 Å². The highest BCUT2D eigenvalue weighted by Crippen LogP contribution is 2.21. The lowest BCUT2D eigenvalue weighted by Crippen LogP contribution is -2.37. The van der Waals surface area contributed by atoms with Gasteiger partial charge in [0, 0.05) is 6.04 Å². The minimum absolute atomic E-state index is 0.214. The summed E-state index contributed by atoms with van der Waals surface area (Å²) in [5, 5.41) is 3.72. The molecule has 3 heteroatoms. The molecule has 102 valence electrons. The predicted molar refractivity (Wildman–Crippen MR) is 76.7 cm³/mol. The molecule has 0 bridgehead atoms. The summed E-state index contributed by atoms with van der Waals surface area (Å²) in [7, 11) is 0. The van der Waals surface area contributed by atoms with Crippen molar-refractivity contribution >= 4 is 11.6 Å². The lowest BCUT2D eigenvalue weighted by Gasteiger charge is -2.24. The third kappa shape index (κ3) is 4.25. The maximum Gasteiger partial charge on any atom is 0.145 e. The molecular formula is C15H23ClFN. The second kappa shape index (κ2) is 7.75. The van der Waals surface area contributed by atoms with Crippen molar-refractivity contribution in [1.82, 2.24) is 5.32 Å². The van der Waals surface area contributed by atoms with E-state index in [4.69, 9.17) is 11.6 Å². The van der Waals surface area contributed by atoms with Crippen LogP contribution in [0.25, 0.3) is 0 Å². The van der Waals surface area contributed by atoms with Crippen LogP contribution in [0, 0.1) is 11.7 Å². The summed E-state index contributed by atoms with van der Waals surface area (Å²) in [5.41, 5.74) is 0.705. The number of hydrogen-bond donors (Lipinski definition) is 1. The molecule has 0 saturated heterocycles. The first-order valence-electron chi connectivity index (χ1n) is 6.76. The van der Waals surface area contributed by atoms with Crippen LogP contribution in [0.1, 0.15) is 39.2 Å². The van der Waals surface area contributed by atoms with Crippen LogP contribution in [-0.4, -0.2) is 12.6 Å². The van der Waals surface area contributed by atoms with Gasteiger partial charge in [0.15, 0.2) is 0 Å². The Bertz CT molecular complexity index is 368. The topological polar surface area (TPSA) is 12.0 Å². The van der Waals surface area contributed by atoms with Crippen LogP contribution in [0.3, 0.4) is 0 Å². The largest absolute Gasteiger partial charge is 0.313 e. The molecule has 1 rings (SSSR count). The van der Waals surface area contributed by atoms with Crippen LogP contribution in [0.15, 0.2) is 18.2 Å². The summed E-state index contributed by atoms with van der Waals surface area (Å²) >= 11 is 5.82. The standard InChI is InChI=1S/C15H23ClFN/c1-4-9-18-14(11(3)5-2)10-12-7-6-8-13(16)15(12)17/h6-8,11,14,18H,4-5,9-10H2,1-3H3. The molecule has 0 heterocycles. The van der Waals surface area contributed by atoms with Crippen LogP contribution < -0.4 is 5.32 Å². The minimum atomic E-state index is -0.272. The van der Waals surface area contributed by atoms with Crippen molar-refractivity contribution in [3.8, 4) is 0 Å². The molecule has 0 spiro atoms. The van der Waals surface area contributed by atoms with Crippen LogP contribution in [-0.2, 0) is 6.42 Å². The lowest BCUT2D eigenvalue weighted by molar-refractivity contribution is 0.361. The second-order valence-electron chi connectivity index (χ2n) is 4.86. The fourth-order valence-corrected chi connectivity index (χ4v) is 2.23. The molecule has 0 aliphatic rings. The highest BCUT2D eigenvalue weighted by molar-refractivity contribution is 6.30. The molecule has 0 aliphatic heterocycles. The molecule has 1 aromatic rings. The highest BCUT2D eigenvalue weighted by atomic mass is 35.5. The van der Waals surface area contributed by atoms with E-state index in [9.17, 15) is 4.39 Å². The molecular weight excluding hydrogens is 249 g/mol. The average molecular weight is 272 g/mol. The van der Waals surface area contributed by atoms with E-state index < -0.39 is 0 Å². The second-order valence-corrected chi connectivity index (χ2v) is 5.27. The highest BCUT2D eigenvalue weighted by Gasteiger charge is 2.18. The van der Waals surface area contributed by atoms with E-state index in [1.807, 2.05) is 12.1 Å². The molecule has 1 aromatic carbocycles. The van der Waals surface area contributed by atoms with Gasteiger partial charge in [-0.2, -0.15) is 0 Å². The van der Waals surface area contributed by atoms with Gasteiger partial charge in [-0.1, -0.05) is 50.9 Å². The van der Waals surface area contributed by atoms with E-state index in [0.29, 0.717) is 23.9 Å². The summed E-state index contributed by atoms with van der Waals surface area (Å²) < 4.78 is 13.9. The van der Waals surface area contributed by atoms with Crippen LogP contribution in [0.2, 0.25) is 5.02 Å². The average Bonchev–Trinajstić information content (AvgIpc) is 2.38. The third-order valence-corrected chi connectivity index (χ3v) is 3.75. The summed E-state index contributed by atoms with van der Waals surface area (Å²) in [6.45, 7) is 7.48. The molecule has 0 fully saturated rings. The number of hydrogen-bond acceptors (Lipinski definition) is 1. The van der Waals surface area contributed by atoms with E-state index in [0.717, 1.165) is 19.4 Å². The first kappa shape index (κ1) is 15.5. The van der Waals surface area contributed by atoms with E-state index in [1.54, 1.807) is 6.07 Å². The fourth-order valence-electron chi connectivity index (χ4n) is 2.03. The first-order chi connectivity index (χ1) is 8.60. The Morgan fingerprint density at radius 1 is 1.33 bits per heavy atom. The molecule has 0 saturated carbocycles. The smallest absolute Gasteiger partial charge is 0.145 e. The summed E-state index contributed by atoms with van der Waals surface area (Å²) in [6.07, 6.45) is 2.87. The molecule has 0 amide bonds. The molecule has 1 N–H and O–H groups in total. The van der Waals surface area contributed by atoms with Crippen LogP contribution in [0.5, 0.6) is 0 Å². The SMILES string of the molecule is CCCNC(Cc1cccc(Cl)c1F)C(C)CC. The van der Waals surface area contributed by atoms with Crippen molar-refractivity contribution in [2.45, 2.75) is 46.1 Å². The number of benzene rings is 1. The Morgan fingerprint density at radius 3 is 2.67 bits per heavy atom. The van der Waals surface area contributed by atoms with Gasteiger partial charge in [0.1, 0.15) is 5.82 Å². The molecule has 18 heavy (non-hydrogen) atoms. The molecule has 0 aromatic heterocycles. The van der Waals surface area contributed by atoms with Gasteiger partial charge < -0.3 is 5.32 Å². The summed E-state index contributed by atoms with van der Waals surface area (Å²) in [5.74, 6) is 0.251. The van der Waals surface area contributed by atoms with Gasteiger partial charge in [-0.3, -0.25) is 0 Å². The first-order valence-corrected chi connectivity index (χ1v) is 7.14. The zero-order valence-electron chi connectivity index (χ0n) is 11.5. The number of rotatable bonds is 7. The molecule has 0 aliphatic carbocycles. The van der Waals surface area contributed by atoms with Crippen molar-refractivity contribution in [3.63, 3.8) is 0 Å². The lowest BCUT2D eigenvalue weighted by atomic mass is 9.92. The summed E-state index contributed by atoms with van der Waals surface area (Å²) in [4.78, 5) is 0. The molecule has 2 atom stereocenters. The van der Waals surface area contributed by atoms with Gasteiger partial charge in [-0.05, 0) is 36.9 Å². The Hall–Kier alpha value is -0.600. The van der Waals surface area contributed by atoms with Crippen molar-refractivity contribution in [2.75, 3.05) is 6.54 Å². The maximum absolute atomic E-state index is 13.9.